The van der Waals surface area contributed by atoms with Crippen molar-refractivity contribution in [2.24, 2.45) is 0 Å². The predicted octanol–water partition coefficient (Wildman–Crippen LogP) is 5.60. The van der Waals surface area contributed by atoms with Gasteiger partial charge in [-0.2, -0.15) is 4.98 Å². The predicted molar refractivity (Wildman–Crippen MR) is 145 cm³/mol. The number of para-hydroxylation sites is 1. The summed E-state index contributed by atoms with van der Waals surface area (Å²) in [6, 6.07) is 26.6. The zero-order valence-corrected chi connectivity index (χ0v) is 21.0. The molecule has 0 spiro atoms. The largest absolute Gasteiger partial charge is 0.337 e. The molecule has 0 aliphatic heterocycles. The first-order chi connectivity index (χ1) is 18.0. The van der Waals surface area contributed by atoms with Gasteiger partial charge in [0, 0.05) is 5.56 Å². The molecule has 0 saturated heterocycles. The van der Waals surface area contributed by atoms with Crippen molar-refractivity contribution in [1.82, 2.24) is 19.3 Å². The van der Waals surface area contributed by atoms with Crippen LogP contribution < -0.4 is 11.2 Å². The van der Waals surface area contributed by atoms with Crippen LogP contribution in [-0.4, -0.2) is 19.3 Å². The minimum atomic E-state index is -0.395. The lowest BCUT2D eigenvalue weighted by Gasteiger charge is -2.13. The van der Waals surface area contributed by atoms with E-state index in [1.165, 1.54) is 15.9 Å². The summed E-state index contributed by atoms with van der Waals surface area (Å²) in [5, 5.41) is 4.62. The Kier molecular flexibility index (Phi) is 5.65. The Morgan fingerprint density at radius 3 is 2.35 bits per heavy atom. The molecule has 0 atom stereocenters. The Balaban J connectivity index is 1.60. The zero-order chi connectivity index (χ0) is 25.5. The van der Waals surface area contributed by atoms with E-state index in [-0.39, 0.29) is 5.56 Å². The molecule has 0 saturated carbocycles. The van der Waals surface area contributed by atoms with Crippen LogP contribution in [-0.2, 0) is 6.54 Å². The standard InChI is InChI=1S/C29H22N4O3S/c1-18-10-9-11-20(16-18)17-32-28-23(27(34)33(29(32)35)22-14-7-4-8-15-22)19(2)24(37-28)26-30-25(31-36-26)21-12-5-3-6-13-21/h3-16H,17H2,1-2H3. The van der Waals surface area contributed by atoms with E-state index < -0.39 is 5.69 Å². The van der Waals surface area contributed by atoms with Gasteiger partial charge in [0.2, 0.25) is 5.82 Å². The minimum Gasteiger partial charge on any atom is -0.333 e. The van der Waals surface area contributed by atoms with Gasteiger partial charge in [-0.25, -0.2) is 9.36 Å². The first kappa shape index (κ1) is 22.9. The molecule has 0 unspecified atom stereocenters. The quantitative estimate of drug-likeness (QED) is 0.304. The molecule has 8 heteroatoms. The number of fused-ring (bicyclic) bond motifs is 1. The fourth-order valence-corrected chi connectivity index (χ4v) is 5.72. The summed E-state index contributed by atoms with van der Waals surface area (Å²) in [7, 11) is 0. The lowest BCUT2D eigenvalue weighted by molar-refractivity contribution is 0.433. The third-order valence-corrected chi connectivity index (χ3v) is 7.61. The molecule has 37 heavy (non-hydrogen) atoms. The summed E-state index contributed by atoms with van der Waals surface area (Å²) in [5.41, 5.74) is 3.37. The summed E-state index contributed by atoms with van der Waals surface area (Å²) < 4.78 is 8.53. The van der Waals surface area contributed by atoms with Gasteiger partial charge in [0.1, 0.15) is 4.83 Å². The van der Waals surface area contributed by atoms with Crippen LogP contribution in [0.5, 0.6) is 0 Å². The van der Waals surface area contributed by atoms with Gasteiger partial charge in [-0.05, 0) is 37.1 Å². The Morgan fingerprint density at radius 2 is 1.62 bits per heavy atom. The van der Waals surface area contributed by atoms with Gasteiger partial charge >= 0.3 is 5.69 Å². The molecule has 0 aliphatic rings. The minimum absolute atomic E-state index is 0.317. The van der Waals surface area contributed by atoms with E-state index in [9.17, 15) is 9.59 Å². The van der Waals surface area contributed by atoms with Crippen molar-refractivity contribution in [3.63, 3.8) is 0 Å². The topological polar surface area (TPSA) is 82.9 Å². The summed E-state index contributed by atoms with van der Waals surface area (Å²) >= 11 is 1.32. The van der Waals surface area contributed by atoms with Gasteiger partial charge < -0.3 is 4.52 Å². The van der Waals surface area contributed by atoms with E-state index in [2.05, 4.69) is 10.1 Å². The molecule has 0 bridgehead atoms. The third kappa shape index (κ3) is 4.01. The summed E-state index contributed by atoms with van der Waals surface area (Å²) in [4.78, 5) is 33.5. The Hall–Kier alpha value is -4.56. The zero-order valence-electron chi connectivity index (χ0n) is 20.2. The molecular formula is C29H22N4O3S. The van der Waals surface area contributed by atoms with Gasteiger partial charge in [-0.15, -0.1) is 11.3 Å². The van der Waals surface area contributed by atoms with Crippen LogP contribution in [0, 0.1) is 13.8 Å². The van der Waals surface area contributed by atoms with Crippen molar-refractivity contribution < 1.29 is 4.52 Å². The first-order valence-electron chi connectivity index (χ1n) is 11.8. The summed E-state index contributed by atoms with van der Waals surface area (Å²) in [6.07, 6.45) is 0. The van der Waals surface area contributed by atoms with Crippen molar-refractivity contribution in [3.05, 3.63) is 122 Å². The monoisotopic (exact) mass is 506 g/mol. The van der Waals surface area contributed by atoms with E-state index >= 15 is 0 Å². The fourth-order valence-electron chi connectivity index (χ4n) is 4.51. The third-order valence-electron chi connectivity index (χ3n) is 6.30. The highest BCUT2D eigenvalue weighted by Crippen LogP contribution is 2.36. The maximum atomic E-state index is 13.8. The highest BCUT2D eigenvalue weighted by atomic mass is 32.1. The second kappa shape index (κ2) is 9.15. The number of aryl methyl sites for hydroxylation is 2. The number of hydrogen-bond donors (Lipinski definition) is 0. The van der Waals surface area contributed by atoms with Crippen molar-refractivity contribution in [2.45, 2.75) is 20.4 Å². The highest BCUT2D eigenvalue weighted by molar-refractivity contribution is 7.22. The van der Waals surface area contributed by atoms with E-state index in [1.807, 2.05) is 86.6 Å². The van der Waals surface area contributed by atoms with Crippen LogP contribution in [0.4, 0.5) is 0 Å². The molecule has 3 aromatic heterocycles. The van der Waals surface area contributed by atoms with Crippen LogP contribution in [0.25, 0.3) is 38.1 Å². The Labute approximate surface area is 215 Å². The van der Waals surface area contributed by atoms with Crippen LogP contribution in [0.3, 0.4) is 0 Å². The normalized spacial score (nSPS) is 11.3. The van der Waals surface area contributed by atoms with Crippen LogP contribution in [0.15, 0.2) is 99.0 Å². The molecular weight excluding hydrogens is 484 g/mol. The van der Waals surface area contributed by atoms with Gasteiger partial charge in [0.15, 0.2) is 0 Å². The lowest BCUT2D eigenvalue weighted by Crippen LogP contribution is -2.38. The molecule has 0 N–H and O–H groups in total. The second-order valence-electron chi connectivity index (χ2n) is 8.86. The number of aromatic nitrogens is 4. The second-order valence-corrected chi connectivity index (χ2v) is 9.86. The highest BCUT2D eigenvalue weighted by Gasteiger charge is 2.24. The lowest BCUT2D eigenvalue weighted by atomic mass is 10.1. The molecule has 0 fully saturated rings. The summed E-state index contributed by atoms with van der Waals surface area (Å²) in [6.45, 7) is 4.20. The maximum absolute atomic E-state index is 13.8. The molecule has 7 nitrogen and oxygen atoms in total. The van der Waals surface area contributed by atoms with Gasteiger partial charge in [0.25, 0.3) is 11.4 Å². The molecule has 0 amide bonds. The van der Waals surface area contributed by atoms with Gasteiger partial charge in [0.05, 0.1) is 22.5 Å². The maximum Gasteiger partial charge on any atom is 0.337 e. The van der Waals surface area contributed by atoms with Crippen LogP contribution in [0.2, 0.25) is 0 Å². The van der Waals surface area contributed by atoms with Crippen molar-refractivity contribution in [1.29, 1.82) is 0 Å². The van der Waals surface area contributed by atoms with Crippen molar-refractivity contribution in [2.75, 3.05) is 0 Å². The molecule has 3 heterocycles. The number of rotatable bonds is 5. The Morgan fingerprint density at radius 1 is 0.892 bits per heavy atom. The van der Waals surface area contributed by atoms with Gasteiger partial charge in [-0.3, -0.25) is 9.36 Å². The number of benzene rings is 3. The first-order valence-corrected chi connectivity index (χ1v) is 12.6. The van der Waals surface area contributed by atoms with Gasteiger partial charge in [-0.1, -0.05) is 83.5 Å². The molecule has 6 rings (SSSR count). The molecule has 0 radical (unpaired) electrons. The molecule has 3 aromatic carbocycles. The van der Waals surface area contributed by atoms with E-state index in [0.717, 1.165) is 16.7 Å². The number of thiophene rings is 1. The number of hydrogen-bond acceptors (Lipinski definition) is 6. The van der Waals surface area contributed by atoms with Crippen LogP contribution >= 0.6 is 11.3 Å². The SMILES string of the molecule is Cc1cccc(Cn2c(=O)n(-c3ccccc3)c(=O)c3c(C)c(-c4nc(-c5ccccc5)no4)sc32)c1. The van der Waals surface area contributed by atoms with E-state index in [4.69, 9.17) is 4.52 Å². The molecule has 182 valence electrons. The van der Waals surface area contributed by atoms with Crippen LogP contribution in [0.1, 0.15) is 16.7 Å². The van der Waals surface area contributed by atoms with Crippen molar-refractivity contribution in [3.8, 4) is 27.8 Å². The Bertz CT molecular complexity index is 1870. The van der Waals surface area contributed by atoms with E-state index in [0.29, 0.717) is 44.6 Å². The fraction of sp³-hybridized carbons (Fsp3) is 0.103. The smallest absolute Gasteiger partial charge is 0.333 e. The van der Waals surface area contributed by atoms with Crippen molar-refractivity contribution >= 4 is 21.6 Å². The molecule has 6 aromatic rings. The molecule has 0 aliphatic carbocycles. The number of nitrogens with zero attached hydrogens (tertiary/aromatic N) is 4. The van der Waals surface area contributed by atoms with E-state index in [1.54, 1.807) is 16.7 Å². The summed E-state index contributed by atoms with van der Waals surface area (Å²) in [5.74, 6) is 0.782. The average Bonchev–Trinajstić information content (AvgIpc) is 3.53. The average molecular weight is 507 g/mol.